The number of pyridine rings is 1. The molecule has 3 aromatic rings. The van der Waals surface area contributed by atoms with E-state index in [-0.39, 0.29) is 25.3 Å². The summed E-state index contributed by atoms with van der Waals surface area (Å²) in [5.74, 6) is -0.822. The maximum Gasteiger partial charge on any atom is 0.573 e. The molecule has 3 unspecified atom stereocenters. The van der Waals surface area contributed by atoms with Crippen LogP contribution < -0.4 is 20.7 Å². The molecule has 0 radical (unpaired) electrons. The van der Waals surface area contributed by atoms with E-state index in [4.69, 9.17) is 4.74 Å². The summed E-state index contributed by atoms with van der Waals surface area (Å²) >= 11 is 0. The molecule has 0 bridgehead atoms. The highest BCUT2D eigenvalue weighted by atomic mass is 19.4. The zero-order chi connectivity index (χ0) is 31.6. The highest BCUT2D eigenvalue weighted by Gasteiger charge is 2.35. The molecule has 4 N–H and O–H groups in total. The average Bonchev–Trinajstić information content (AvgIpc) is 2.95. The number of carbonyl (C=O) groups is 2. The van der Waals surface area contributed by atoms with Gasteiger partial charge in [-0.2, -0.15) is 0 Å². The molecule has 3 atom stereocenters. The summed E-state index contributed by atoms with van der Waals surface area (Å²) in [4.78, 5) is 29.5. The molecule has 2 amide bonds. The number of benzene rings is 2. The molecule has 0 saturated heterocycles. The number of halogens is 3. The van der Waals surface area contributed by atoms with Crippen LogP contribution in [0.2, 0.25) is 0 Å². The number of hydrogen-bond acceptors (Lipinski definition) is 7. The first kappa shape index (κ1) is 33.3. The molecule has 3 rings (SSSR count). The van der Waals surface area contributed by atoms with Gasteiger partial charge in [-0.25, -0.2) is 4.79 Å². The van der Waals surface area contributed by atoms with Crippen molar-refractivity contribution in [2.24, 2.45) is 5.41 Å². The van der Waals surface area contributed by atoms with Crippen LogP contribution in [0.4, 0.5) is 18.0 Å². The Morgan fingerprint density at radius 1 is 0.930 bits per heavy atom. The Kier molecular flexibility index (Phi) is 11.5. The summed E-state index contributed by atoms with van der Waals surface area (Å²) in [6, 6.07) is 15.1. The number of methoxy groups -OCH3 is 1. The van der Waals surface area contributed by atoms with Gasteiger partial charge >= 0.3 is 12.5 Å². The fourth-order valence-electron chi connectivity index (χ4n) is 4.34. The third-order valence-electron chi connectivity index (χ3n) is 6.61. The zero-order valence-electron chi connectivity index (χ0n) is 24.4. The highest BCUT2D eigenvalue weighted by molar-refractivity contribution is 5.86. The number of nitrogens with zero attached hydrogens (tertiary/aromatic N) is 1. The van der Waals surface area contributed by atoms with E-state index in [0.29, 0.717) is 5.56 Å². The number of hydrogen-bond donors (Lipinski definition) is 4. The second kappa shape index (κ2) is 14.8. The van der Waals surface area contributed by atoms with Crippen molar-refractivity contribution in [3.05, 3.63) is 84.2 Å². The number of rotatable bonds is 12. The Hall–Kier alpha value is -4.16. The number of ether oxygens (including phenoxy) is 2. The molecule has 12 heteroatoms. The van der Waals surface area contributed by atoms with Crippen LogP contribution in [0.25, 0.3) is 11.1 Å². The van der Waals surface area contributed by atoms with Gasteiger partial charge in [0.05, 0.1) is 19.3 Å². The third kappa shape index (κ3) is 10.9. The second-order valence-electron chi connectivity index (χ2n) is 11.1. The van der Waals surface area contributed by atoms with E-state index < -0.39 is 42.0 Å². The molecule has 1 heterocycles. The van der Waals surface area contributed by atoms with E-state index in [1.54, 1.807) is 33.2 Å². The lowest BCUT2D eigenvalue weighted by Gasteiger charge is -2.33. The van der Waals surface area contributed by atoms with Gasteiger partial charge in [0.1, 0.15) is 11.8 Å². The quantitative estimate of drug-likeness (QED) is 0.239. The molecule has 232 valence electrons. The van der Waals surface area contributed by atoms with Gasteiger partial charge in [-0.3, -0.25) is 9.78 Å². The number of nitrogens with one attached hydrogen (secondary N) is 3. The van der Waals surface area contributed by atoms with Crippen LogP contribution in [0.3, 0.4) is 0 Å². The molecule has 0 aliphatic rings. The fourth-order valence-corrected chi connectivity index (χ4v) is 4.34. The van der Waals surface area contributed by atoms with Crippen molar-refractivity contribution in [1.29, 1.82) is 0 Å². The molecule has 0 saturated carbocycles. The average molecular weight is 603 g/mol. The van der Waals surface area contributed by atoms with Crippen LogP contribution in [0.15, 0.2) is 73.1 Å². The van der Waals surface area contributed by atoms with Gasteiger partial charge in [-0.15, -0.1) is 13.2 Å². The van der Waals surface area contributed by atoms with E-state index in [2.05, 4.69) is 25.7 Å². The lowest BCUT2D eigenvalue weighted by atomic mass is 9.85. The van der Waals surface area contributed by atoms with Gasteiger partial charge in [-0.1, -0.05) is 63.2 Å². The van der Waals surface area contributed by atoms with Crippen LogP contribution in [-0.2, 0) is 22.5 Å². The largest absolute Gasteiger partial charge is 0.573 e. The van der Waals surface area contributed by atoms with Crippen LogP contribution in [0.5, 0.6) is 5.75 Å². The molecule has 0 aliphatic carbocycles. The van der Waals surface area contributed by atoms with Gasteiger partial charge in [0.2, 0.25) is 5.91 Å². The number of alkyl carbamates (subject to hydrolysis) is 1. The molecule has 43 heavy (non-hydrogen) atoms. The lowest BCUT2D eigenvalue weighted by Crippen LogP contribution is -2.58. The summed E-state index contributed by atoms with van der Waals surface area (Å²) in [7, 11) is 1.21. The first-order chi connectivity index (χ1) is 20.2. The van der Waals surface area contributed by atoms with Crippen LogP contribution in [0.1, 0.15) is 31.9 Å². The van der Waals surface area contributed by atoms with Crippen molar-refractivity contribution in [3.8, 4) is 16.9 Å². The Bertz CT molecular complexity index is 1310. The number of aromatic nitrogens is 1. The summed E-state index contributed by atoms with van der Waals surface area (Å²) in [6.07, 6.45) is -2.87. The first-order valence-corrected chi connectivity index (χ1v) is 13.6. The fraction of sp³-hybridized carbons (Fsp3) is 0.387. The van der Waals surface area contributed by atoms with Crippen molar-refractivity contribution in [2.45, 2.75) is 58.3 Å². The Balaban J connectivity index is 1.72. The van der Waals surface area contributed by atoms with Crippen LogP contribution >= 0.6 is 0 Å². The molecule has 0 fully saturated rings. The minimum absolute atomic E-state index is 0.0597. The monoisotopic (exact) mass is 602 g/mol. The number of aliphatic hydroxyl groups is 1. The number of alkyl halides is 3. The molecule has 0 aliphatic heterocycles. The summed E-state index contributed by atoms with van der Waals surface area (Å²) in [5.41, 5.74) is 2.76. The predicted molar refractivity (Wildman–Crippen MR) is 155 cm³/mol. The molecule has 2 aromatic carbocycles. The topological polar surface area (TPSA) is 122 Å². The van der Waals surface area contributed by atoms with Gasteiger partial charge in [0, 0.05) is 25.5 Å². The van der Waals surface area contributed by atoms with Crippen molar-refractivity contribution in [3.63, 3.8) is 0 Å². The number of carbonyl (C=O) groups excluding carboxylic acids is 2. The SMILES string of the molecule is COC(=O)NC(C(=O)NC(Cc1ccc(-c2cccnc2)cc1)C(O)CNCc1ccc(OC(F)(F)F)cc1)C(C)(C)C. The summed E-state index contributed by atoms with van der Waals surface area (Å²) in [5, 5.41) is 19.7. The number of aliphatic hydroxyl groups excluding tert-OH is 1. The van der Waals surface area contributed by atoms with E-state index in [9.17, 15) is 27.9 Å². The van der Waals surface area contributed by atoms with Crippen molar-refractivity contribution in [2.75, 3.05) is 13.7 Å². The van der Waals surface area contributed by atoms with Crippen molar-refractivity contribution < 1.29 is 37.3 Å². The van der Waals surface area contributed by atoms with Gasteiger partial charge in [-0.05, 0) is 52.3 Å². The van der Waals surface area contributed by atoms with Crippen LogP contribution in [-0.4, -0.2) is 60.3 Å². The predicted octanol–water partition coefficient (Wildman–Crippen LogP) is 4.60. The van der Waals surface area contributed by atoms with Gasteiger partial charge in [0.15, 0.2) is 0 Å². The third-order valence-corrected chi connectivity index (χ3v) is 6.61. The lowest BCUT2D eigenvalue weighted by molar-refractivity contribution is -0.274. The zero-order valence-corrected chi connectivity index (χ0v) is 24.4. The van der Waals surface area contributed by atoms with E-state index in [0.717, 1.165) is 16.7 Å². The maximum atomic E-state index is 13.4. The standard InChI is InChI=1S/C31H37F3N4O5/c1-30(2,3)27(38-29(41)42-4)28(40)37-25(16-20-7-11-22(12-8-20)23-6-5-15-35-18-23)26(39)19-36-17-21-9-13-24(14-10-21)43-31(32,33)34/h5-15,18,25-27,36,39H,16-17,19H2,1-4H3,(H,37,40)(H,38,41). The van der Waals surface area contributed by atoms with Crippen molar-refractivity contribution >= 4 is 12.0 Å². The summed E-state index contributed by atoms with van der Waals surface area (Å²) < 4.78 is 45.9. The minimum atomic E-state index is -4.78. The number of amides is 2. The van der Waals surface area contributed by atoms with E-state index in [1.807, 2.05) is 36.4 Å². The molecular formula is C31H37F3N4O5. The summed E-state index contributed by atoms with van der Waals surface area (Å²) in [6.45, 7) is 5.69. The Morgan fingerprint density at radius 3 is 2.14 bits per heavy atom. The van der Waals surface area contributed by atoms with Gasteiger partial charge < -0.3 is 30.5 Å². The van der Waals surface area contributed by atoms with E-state index >= 15 is 0 Å². The Labute approximate surface area is 248 Å². The normalized spacial score (nSPS) is 13.9. The molecule has 0 spiro atoms. The first-order valence-electron chi connectivity index (χ1n) is 13.6. The maximum absolute atomic E-state index is 13.4. The molecule has 1 aromatic heterocycles. The molecular weight excluding hydrogens is 565 g/mol. The van der Waals surface area contributed by atoms with Crippen LogP contribution in [0, 0.1) is 5.41 Å². The molecule has 9 nitrogen and oxygen atoms in total. The van der Waals surface area contributed by atoms with Crippen molar-refractivity contribution in [1.82, 2.24) is 20.9 Å². The van der Waals surface area contributed by atoms with Gasteiger partial charge in [0.25, 0.3) is 0 Å². The minimum Gasteiger partial charge on any atom is -0.453 e. The highest BCUT2D eigenvalue weighted by Crippen LogP contribution is 2.24. The Morgan fingerprint density at radius 2 is 1.58 bits per heavy atom. The second-order valence-corrected chi connectivity index (χ2v) is 11.1. The smallest absolute Gasteiger partial charge is 0.453 e. The van der Waals surface area contributed by atoms with E-state index in [1.165, 1.54) is 31.4 Å².